The Bertz CT molecular complexity index is 1240. The van der Waals surface area contributed by atoms with Gasteiger partial charge in [0.25, 0.3) is 11.6 Å². The highest BCUT2D eigenvalue weighted by Crippen LogP contribution is 2.32. The molecule has 0 atom stereocenters. The fourth-order valence-electron chi connectivity index (χ4n) is 3.16. The minimum absolute atomic E-state index is 0.00382. The molecule has 4 aromatic rings. The number of carbonyl (C=O) groups excluding carboxylic acids is 1. The van der Waals surface area contributed by atoms with E-state index in [-0.39, 0.29) is 18.1 Å². The molecule has 156 valence electrons. The lowest BCUT2D eigenvalue weighted by Gasteiger charge is -2.16. The molecule has 0 saturated carbocycles. The number of nitro benzene ring substituents is 1. The fourth-order valence-corrected chi connectivity index (χ4v) is 4.18. The van der Waals surface area contributed by atoms with Gasteiger partial charge in [0.1, 0.15) is 5.76 Å². The number of thiazole rings is 1. The largest absolute Gasteiger partial charge is 0.467 e. The van der Waals surface area contributed by atoms with E-state index in [2.05, 4.69) is 6.92 Å². The number of fused-ring (bicyclic) bond motifs is 1. The molecule has 1 amide bonds. The lowest BCUT2D eigenvalue weighted by molar-refractivity contribution is -0.384. The summed E-state index contributed by atoms with van der Waals surface area (Å²) in [5, 5.41) is 11.4. The topological polar surface area (TPSA) is 89.5 Å². The Kier molecular flexibility index (Phi) is 5.90. The lowest BCUT2D eigenvalue weighted by Crippen LogP contribution is -2.28. The van der Waals surface area contributed by atoms with Crippen LogP contribution < -0.4 is 4.90 Å². The molecular weight excluding hydrogens is 414 g/mol. The first-order valence-corrected chi connectivity index (χ1v) is 10.5. The maximum atomic E-state index is 13.1. The Labute approximate surface area is 182 Å². The summed E-state index contributed by atoms with van der Waals surface area (Å²) in [7, 11) is 0. The summed E-state index contributed by atoms with van der Waals surface area (Å²) in [6, 6.07) is 15.6. The predicted octanol–water partition coefficient (Wildman–Crippen LogP) is 5.61. The highest BCUT2D eigenvalue weighted by Gasteiger charge is 2.20. The number of furan rings is 1. The summed E-state index contributed by atoms with van der Waals surface area (Å²) in [5.41, 5.74) is 2.73. The maximum Gasteiger partial charge on any atom is 0.269 e. The fraction of sp³-hybridized carbons (Fsp3) is 0.130. The van der Waals surface area contributed by atoms with Gasteiger partial charge in [-0.15, -0.1) is 0 Å². The van der Waals surface area contributed by atoms with Gasteiger partial charge in [-0.1, -0.05) is 30.4 Å². The van der Waals surface area contributed by atoms with E-state index >= 15 is 0 Å². The Balaban J connectivity index is 1.64. The van der Waals surface area contributed by atoms with Gasteiger partial charge in [0.15, 0.2) is 5.13 Å². The first-order chi connectivity index (χ1) is 15.0. The van der Waals surface area contributed by atoms with Crippen molar-refractivity contribution < 1.29 is 14.1 Å². The molecule has 0 aliphatic heterocycles. The molecule has 0 unspecified atom stereocenters. The minimum atomic E-state index is -0.457. The van der Waals surface area contributed by atoms with E-state index in [0.717, 1.165) is 22.2 Å². The van der Waals surface area contributed by atoms with Crippen molar-refractivity contribution in [1.82, 2.24) is 4.98 Å². The number of non-ortho nitro benzene ring substituents is 1. The number of nitro groups is 1. The number of para-hydroxylation sites is 1. The molecule has 0 N–H and O–H groups in total. The summed E-state index contributed by atoms with van der Waals surface area (Å²) in [4.78, 5) is 29.8. The number of aromatic nitrogens is 1. The van der Waals surface area contributed by atoms with Crippen LogP contribution in [0, 0.1) is 10.1 Å². The Morgan fingerprint density at radius 3 is 2.68 bits per heavy atom. The van der Waals surface area contributed by atoms with Crippen LogP contribution in [0.5, 0.6) is 0 Å². The molecule has 0 aliphatic rings. The van der Waals surface area contributed by atoms with Gasteiger partial charge in [-0.05, 0) is 54.0 Å². The SMILES string of the molecule is CCc1cccc2sc(N(Cc3ccco3)C(=O)/C=C\c3ccc([N+](=O)[O-])cc3)nc12. The van der Waals surface area contributed by atoms with Crippen LogP contribution in [0.3, 0.4) is 0 Å². The predicted molar refractivity (Wildman–Crippen MR) is 121 cm³/mol. The van der Waals surface area contributed by atoms with Crippen molar-refractivity contribution in [1.29, 1.82) is 0 Å². The van der Waals surface area contributed by atoms with Crippen LogP contribution in [0.15, 0.2) is 71.4 Å². The van der Waals surface area contributed by atoms with E-state index in [0.29, 0.717) is 16.5 Å². The molecular formula is C23H19N3O4S. The molecule has 2 heterocycles. The first-order valence-electron chi connectivity index (χ1n) is 9.70. The zero-order chi connectivity index (χ0) is 21.8. The van der Waals surface area contributed by atoms with Gasteiger partial charge in [0.2, 0.25) is 0 Å². The average molecular weight is 433 g/mol. The molecule has 2 aromatic carbocycles. The third kappa shape index (κ3) is 4.54. The van der Waals surface area contributed by atoms with Crippen LogP contribution in [0.4, 0.5) is 10.8 Å². The van der Waals surface area contributed by atoms with E-state index in [1.165, 1.54) is 29.5 Å². The van der Waals surface area contributed by atoms with Crippen LogP contribution in [0.1, 0.15) is 23.8 Å². The minimum Gasteiger partial charge on any atom is -0.467 e. The van der Waals surface area contributed by atoms with Crippen molar-refractivity contribution in [2.24, 2.45) is 0 Å². The van der Waals surface area contributed by atoms with Crippen LogP contribution in [0.25, 0.3) is 16.3 Å². The zero-order valence-electron chi connectivity index (χ0n) is 16.7. The molecule has 0 spiro atoms. The van der Waals surface area contributed by atoms with Gasteiger partial charge in [0, 0.05) is 18.2 Å². The van der Waals surface area contributed by atoms with Crippen LogP contribution >= 0.6 is 11.3 Å². The Hall–Kier alpha value is -3.78. The number of nitrogens with zero attached hydrogens (tertiary/aromatic N) is 3. The van der Waals surface area contributed by atoms with Crippen molar-refractivity contribution in [3.05, 3.63) is 93.9 Å². The smallest absolute Gasteiger partial charge is 0.269 e. The monoisotopic (exact) mass is 433 g/mol. The molecule has 31 heavy (non-hydrogen) atoms. The zero-order valence-corrected chi connectivity index (χ0v) is 17.5. The number of benzene rings is 2. The highest BCUT2D eigenvalue weighted by molar-refractivity contribution is 7.22. The van der Waals surface area contributed by atoms with E-state index in [4.69, 9.17) is 9.40 Å². The highest BCUT2D eigenvalue weighted by atomic mass is 32.1. The van der Waals surface area contributed by atoms with Gasteiger partial charge >= 0.3 is 0 Å². The molecule has 4 rings (SSSR count). The van der Waals surface area contributed by atoms with Crippen LogP contribution in [-0.4, -0.2) is 15.8 Å². The van der Waals surface area contributed by atoms with Crippen molar-refractivity contribution in [3.63, 3.8) is 0 Å². The molecule has 0 aliphatic carbocycles. The van der Waals surface area contributed by atoms with E-state index in [1.54, 1.807) is 35.4 Å². The van der Waals surface area contributed by atoms with E-state index < -0.39 is 4.92 Å². The summed E-state index contributed by atoms with van der Waals surface area (Å²) >= 11 is 1.46. The molecule has 0 fully saturated rings. The summed E-state index contributed by atoms with van der Waals surface area (Å²) < 4.78 is 6.47. The number of carbonyl (C=O) groups is 1. The summed E-state index contributed by atoms with van der Waals surface area (Å²) in [6.45, 7) is 2.32. The molecule has 8 heteroatoms. The van der Waals surface area contributed by atoms with Gasteiger partial charge in [-0.25, -0.2) is 4.98 Å². The number of anilines is 1. The van der Waals surface area contributed by atoms with Gasteiger partial charge in [-0.2, -0.15) is 0 Å². The Morgan fingerprint density at radius 1 is 1.19 bits per heavy atom. The standard InChI is InChI=1S/C23H19N3O4S/c1-2-17-5-3-7-20-22(17)24-23(31-20)25(15-19-6-4-14-30-19)21(27)13-10-16-8-11-18(12-9-16)26(28)29/h3-14H,2,15H2,1H3/b13-10-. The number of amides is 1. The third-order valence-electron chi connectivity index (χ3n) is 4.79. The van der Waals surface area contributed by atoms with Crippen molar-refractivity contribution in [3.8, 4) is 0 Å². The van der Waals surface area contributed by atoms with E-state index in [1.807, 2.05) is 24.3 Å². The second-order valence-corrected chi connectivity index (χ2v) is 7.81. The summed E-state index contributed by atoms with van der Waals surface area (Å²) in [6.07, 6.45) is 5.49. The van der Waals surface area contributed by atoms with E-state index in [9.17, 15) is 14.9 Å². The number of hydrogen-bond acceptors (Lipinski definition) is 6. The number of rotatable bonds is 7. The van der Waals surface area contributed by atoms with Crippen LogP contribution in [0.2, 0.25) is 0 Å². The summed E-state index contributed by atoms with van der Waals surface area (Å²) in [5.74, 6) is 0.388. The quantitative estimate of drug-likeness (QED) is 0.215. The van der Waals surface area contributed by atoms with Gasteiger partial charge < -0.3 is 4.42 Å². The maximum absolute atomic E-state index is 13.1. The molecule has 0 bridgehead atoms. The normalized spacial score (nSPS) is 11.3. The Morgan fingerprint density at radius 2 is 2.00 bits per heavy atom. The third-order valence-corrected chi connectivity index (χ3v) is 5.83. The second-order valence-electron chi connectivity index (χ2n) is 6.80. The van der Waals surface area contributed by atoms with Crippen molar-refractivity contribution in [2.75, 3.05) is 4.90 Å². The average Bonchev–Trinajstić information content (AvgIpc) is 3.45. The molecule has 0 saturated heterocycles. The van der Waals surface area contributed by atoms with Crippen molar-refractivity contribution >= 4 is 44.4 Å². The van der Waals surface area contributed by atoms with Crippen LogP contribution in [-0.2, 0) is 17.8 Å². The van der Waals surface area contributed by atoms with Gasteiger partial charge in [-0.3, -0.25) is 19.8 Å². The number of hydrogen-bond donors (Lipinski definition) is 0. The molecule has 0 radical (unpaired) electrons. The molecule has 2 aromatic heterocycles. The second kappa shape index (κ2) is 8.93. The van der Waals surface area contributed by atoms with Crippen molar-refractivity contribution in [2.45, 2.75) is 19.9 Å². The van der Waals surface area contributed by atoms with Gasteiger partial charge in [0.05, 0.1) is 27.9 Å². The first kappa shape index (κ1) is 20.5. The number of aryl methyl sites for hydroxylation is 1. The lowest BCUT2D eigenvalue weighted by atomic mass is 10.1. The molecule has 7 nitrogen and oxygen atoms in total.